The van der Waals surface area contributed by atoms with Crippen LogP contribution < -0.4 is 5.73 Å². The van der Waals surface area contributed by atoms with Gasteiger partial charge in [-0.1, -0.05) is 25.1 Å². The molecule has 1 saturated heterocycles. The van der Waals surface area contributed by atoms with Crippen LogP contribution in [-0.2, 0) is 6.54 Å². The third kappa shape index (κ3) is 2.39. The molecule has 2 N–H and O–H groups in total. The van der Waals surface area contributed by atoms with Crippen molar-refractivity contribution in [3.8, 4) is 0 Å². The molecule has 1 fully saturated rings. The summed E-state index contributed by atoms with van der Waals surface area (Å²) < 4.78 is 5.56. The van der Waals surface area contributed by atoms with Crippen LogP contribution >= 0.6 is 12.4 Å². The van der Waals surface area contributed by atoms with Gasteiger partial charge in [-0.2, -0.15) is 0 Å². The van der Waals surface area contributed by atoms with Crippen molar-refractivity contribution < 1.29 is 4.42 Å². The van der Waals surface area contributed by atoms with Crippen molar-refractivity contribution in [3.05, 3.63) is 36.1 Å². The Balaban J connectivity index is 0.00000120. The van der Waals surface area contributed by atoms with Gasteiger partial charge >= 0.3 is 0 Å². The third-order valence-corrected chi connectivity index (χ3v) is 3.70. The second-order valence-electron chi connectivity index (χ2n) is 5.09. The molecule has 1 aromatic carbocycles. The average molecular weight is 267 g/mol. The highest BCUT2D eigenvalue weighted by molar-refractivity contribution is 5.85. The molecule has 4 heteroatoms. The Morgan fingerprint density at radius 1 is 1.33 bits per heavy atom. The number of halogens is 1. The molecule has 0 amide bonds. The first-order valence-electron chi connectivity index (χ1n) is 6.17. The predicted octanol–water partition coefficient (Wildman–Crippen LogP) is 2.63. The van der Waals surface area contributed by atoms with Crippen molar-refractivity contribution in [1.29, 1.82) is 0 Å². The van der Waals surface area contributed by atoms with Gasteiger partial charge in [0.05, 0.1) is 6.26 Å². The van der Waals surface area contributed by atoms with Crippen LogP contribution in [0.1, 0.15) is 12.5 Å². The normalized spacial score (nSPS) is 24.3. The molecule has 18 heavy (non-hydrogen) atoms. The molecular weight excluding hydrogens is 248 g/mol. The van der Waals surface area contributed by atoms with Crippen molar-refractivity contribution in [2.45, 2.75) is 19.5 Å². The van der Waals surface area contributed by atoms with Crippen molar-refractivity contribution in [3.63, 3.8) is 0 Å². The molecule has 1 aromatic heterocycles. The lowest BCUT2D eigenvalue weighted by atomic mass is 10.1. The number of benzene rings is 1. The Hall–Kier alpha value is -1.03. The van der Waals surface area contributed by atoms with E-state index in [1.807, 2.05) is 18.4 Å². The topological polar surface area (TPSA) is 42.4 Å². The smallest absolute Gasteiger partial charge is 0.134 e. The van der Waals surface area contributed by atoms with E-state index in [1.165, 1.54) is 10.9 Å². The highest BCUT2D eigenvalue weighted by Gasteiger charge is 2.26. The SMILES string of the molecule is CC1CN(Cc2coc3ccccc23)CC1N.Cl. The van der Waals surface area contributed by atoms with Crippen LogP contribution in [0.3, 0.4) is 0 Å². The molecule has 0 spiro atoms. The van der Waals surface area contributed by atoms with Crippen LogP contribution in [0.25, 0.3) is 11.0 Å². The number of furan rings is 1. The third-order valence-electron chi connectivity index (χ3n) is 3.70. The minimum atomic E-state index is 0. The summed E-state index contributed by atoms with van der Waals surface area (Å²) in [5, 5.41) is 1.22. The summed E-state index contributed by atoms with van der Waals surface area (Å²) in [6.07, 6.45) is 1.87. The van der Waals surface area contributed by atoms with Crippen molar-refractivity contribution in [2.75, 3.05) is 13.1 Å². The zero-order valence-electron chi connectivity index (χ0n) is 10.5. The van der Waals surface area contributed by atoms with E-state index in [1.54, 1.807) is 0 Å². The van der Waals surface area contributed by atoms with Gasteiger partial charge in [0.15, 0.2) is 0 Å². The molecule has 0 aliphatic carbocycles. The Bertz CT molecular complexity index is 515. The van der Waals surface area contributed by atoms with E-state index in [9.17, 15) is 0 Å². The fourth-order valence-corrected chi connectivity index (χ4v) is 2.62. The molecular formula is C14H19ClN2O. The summed E-state index contributed by atoms with van der Waals surface area (Å²) in [5.74, 6) is 0.591. The number of likely N-dealkylation sites (tertiary alicyclic amines) is 1. The first-order valence-corrected chi connectivity index (χ1v) is 6.17. The maximum absolute atomic E-state index is 6.05. The standard InChI is InChI=1S/C14H18N2O.ClH/c1-10-6-16(8-13(10)15)7-11-9-17-14-5-3-2-4-12(11)14;/h2-5,9-10,13H,6-8,15H2,1H3;1H. The van der Waals surface area contributed by atoms with Crippen molar-refractivity contribution in [2.24, 2.45) is 11.7 Å². The molecule has 2 heterocycles. The molecule has 3 nitrogen and oxygen atoms in total. The van der Waals surface area contributed by atoms with Gasteiger partial charge in [-0.05, 0) is 12.0 Å². The van der Waals surface area contributed by atoms with Gasteiger partial charge in [-0.3, -0.25) is 4.90 Å². The maximum Gasteiger partial charge on any atom is 0.134 e. The lowest BCUT2D eigenvalue weighted by Crippen LogP contribution is -2.28. The average Bonchev–Trinajstić information content (AvgIpc) is 2.85. The van der Waals surface area contributed by atoms with Crippen LogP contribution in [0.5, 0.6) is 0 Å². The number of hydrogen-bond acceptors (Lipinski definition) is 3. The Morgan fingerprint density at radius 3 is 2.83 bits per heavy atom. The van der Waals surface area contributed by atoms with Gasteiger partial charge in [0.25, 0.3) is 0 Å². The van der Waals surface area contributed by atoms with Gasteiger partial charge in [0.2, 0.25) is 0 Å². The number of nitrogens with zero attached hydrogens (tertiary/aromatic N) is 1. The first-order chi connectivity index (χ1) is 8.24. The molecule has 1 aliphatic rings. The number of nitrogens with two attached hydrogens (primary N) is 1. The second-order valence-corrected chi connectivity index (χ2v) is 5.09. The molecule has 1 aliphatic heterocycles. The highest BCUT2D eigenvalue weighted by atomic mass is 35.5. The number of fused-ring (bicyclic) bond motifs is 1. The van der Waals surface area contributed by atoms with E-state index in [0.717, 1.165) is 25.2 Å². The fraction of sp³-hybridized carbons (Fsp3) is 0.429. The molecule has 2 unspecified atom stereocenters. The van der Waals surface area contributed by atoms with Crippen LogP contribution in [0.2, 0.25) is 0 Å². The Labute approximate surface area is 113 Å². The van der Waals surface area contributed by atoms with E-state index in [-0.39, 0.29) is 12.4 Å². The number of hydrogen-bond donors (Lipinski definition) is 1. The second kappa shape index (κ2) is 5.31. The Morgan fingerprint density at radius 2 is 2.11 bits per heavy atom. The summed E-state index contributed by atoms with van der Waals surface area (Å²) in [6.45, 7) is 5.23. The molecule has 0 saturated carbocycles. The maximum atomic E-state index is 6.05. The molecule has 98 valence electrons. The van der Waals surface area contributed by atoms with E-state index >= 15 is 0 Å². The zero-order chi connectivity index (χ0) is 11.8. The monoisotopic (exact) mass is 266 g/mol. The predicted molar refractivity (Wildman–Crippen MR) is 75.9 cm³/mol. The largest absolute Gasteiger partial charge is 0.464 e. The molecule has 0 radical (unpaired) electrons. The number of para-hydroxylation sites is 1. The van der Waals surface area contributed by atoms with E-state index in [0.29, 0.717) is 12.0 Å². The quantitative estimate of drug-likeness (QED) is 0.909. The summed E-state index contributed by atoms with van der Waals surface area (Å²) in [7, 11) is 0. The van der Waals surface area contributed by atoms with Gasteiger partial charge in [-0.25, -0.2) is 0 Å². The van der Waals surface area contributed by atoms with Crippen LogP contribution in [0.15, 0.2) is 34.9 Å². The van der Waals surface area contributed by atoms with E-state index in [2.05, 4.69) is 24.0 Å². The molecule has 2 aromatic rings. The summed E-state index contributed by atoms with van der Waals surface area (Å²) in [5.41, 5.74) is 8.28. The minimum Gasteiger partial charge on any atom is -0.464 e. The van der Waals surface area contributed by atoms with Crippen LogP contribution in [0.4, 0.5) is 0 Å². The van der Waals surface area contributed by atoms with Crippen molar-refractivity contribution in [1.82, 2.24) is 4.90 Å². The van der Waals surface area contributed by atoms with E-state index in [4.69, 9.17) is 10.2 Å². The molecule has 2 atom stereocenters. The van der Waals surface area contributed by atoms with Gasteiger partial charge in [0.1, 0.15) is 5.58 Å². The highest BCUT2D eigenvalue weighted by Crippen LogP contribution is 2.24. The fourth-order valence-electron chi connectivity index (χ4n) is 2.62. The lowest BCUT2D eigenvalue weighted by Gasteiger charge is -2.13. The summed E-state index contributed by atoms with van der Waals surface area (Å²) >= 11 is 0. The minimum absolute atomic E-state index is 0. The Kier molecular flexibility index (Phi) is 3.95. The van der Waals surface area contributed by atoms with Crippen LogP contribution in [-0.4, -0.2) is 24.0 Å². The van der Waals surface area contributed by atoms with Crippen LogP contribution in [0, 0.1) is 5.92 Å². The number of rotatable bonds is 2. The van der Waals surface area contributed by atoms with Gasteiger partial charge < -0.3 is 10.2 Å². The van der Waals surface area contributed by atoms with Gasteiger partial charge in [-0.15, -0.1) is 12.4 Å². The molecule has 0 bridgehead atoms. The van der Waals surface area contributed by atoms with E-state index < -0.39 is 0 Å². The lowest BCUT2D eigenvalue weighted by molar-refractivity contribution is 0.318. The summed E-state index contributed by atoms with van der Waals surface area (Å²) in [4.78, 5) is 2.41. The summed E-state index contributed by atoms with van der Waals surface area (Å²) in [6, 6.07) is 8.50. The molecule has 3 rings (SSSR count). The van der Waals surface area contributed by atoms with Crippen molar-refractivity contribution >= 4 is 23.4 Å². The first kappa shape index (κ1) is 13.4. The zero-order valence-corrected chi connectivity index (χ0v) is 11.3. The van der Waals surface area contributed by atoms with Gasteiger partial charge in [0, 0.05) is 36.6 Å².